The summed E-state index contributed by atoms with van der Waals surface area (Å²) in [6.45, 7) is 2.28. The van der Waals surface area contributed by atoms with Crippen LogP contribution < -0.4 is 10.1 Å². The minimum atomic E-state index is -0.284. The quantitative estimate of drug-likeness (QED) is 0.858. The molecule has 7 heteroatoms. The third-order valence-electron chi connectivity index (χ3n) is 5.76. The van der Waals surface area contributed by atoms with Gasteiger partial charge in [-0.05, 0) is 56.4 Å². The van der Waals surface area contributed by atoms with Gasteiger partial charge in [-0.1, -0.05) is 12.8 Å². The van der Waals surface area contributed by atoms with Crippen molar-refractivity contribution in [1.29, 1.82) is 0 Å². The van der Waals surface area contributed by atoms with Gasteiger partial charge in [-0.3, -0.25) is 9.59 Å². The molecule has 0 atom stereocenters. The van der Waals surface area contributed by atoms with Crippen LogP contribution >= 0.6 is 0 Å². The molecule has 0 saturated carbocycles. The second kappa shape index (κ2) is 8.68. The molecule has 2 aliphatic rings. The van der Waals surface area contributed by atoms with Crippen molar-refractivity contribution in [3.8, 4) is 5.75 Å². The van der Waals surface area contributed by atoms with Gasteiger partial charge in [0.15, 0.2) is 5.82 Å². The molecule has 1 aromatic heterocycles. The zero-order valence-corrected chi connectivity index (χ0v) is 16.9. The molecule has 1 N–H and O–H groups in total. The lowest BCUT2D eigenvalue weighted by molar-refractivity contribution is 0.0754. The number of carbonyl (C=O) groups excluding carboxylic acids is 2. The number of carbonyl (C=O) groups is 2. The predicted octanol–water partition coefficient (Wildman–Crippen LogP) is 3.50. The average Bonchev–Trinajstić information content (AvgIpc) is 2.93. The van der Waals surface area contributed by atoms with Gasteiger partial charge in [0, 0.05) is 25.3 Å². The van der Waals surface area contributed by atoms with Crippen LogP contribution in [0.4, 0.5) is 5.69 Å². The molecular weight excluding hydrogens is 368 g/mol. The van der Waals surface area contributed by atoms with Crippen LogP contribution in [0.3, 0.4) is 0 Å². The Kier molecular flexibility index (Phi) is 5.83. The molecule has 3 heterocycles. The SMILES string of the molecule is COc1ccc(NC(=O)c2nc(C(=O)N3CCCCCC3)c3n2CCCC3)cc1. The molecule has 2 aliphatic heterocycles. The fraction of sp³-hybridized carbons (Fsp3) is 0.500. The van der Waals surface area contributed by atoms with Crippen LogP contribution in [0.1, 0.15) is 65.3 Å². The predicted molar refractivity (Wildman–Crippen MR) is 110 cm³/mol. The lowest BCUT2D eigenvalue weighted by Crippen LogP contribution is -2.33. The van der Waals surface area contributed by atoms with E-state index >= 15 is 0 Å². The van der Waals surface area contributed by atoms with Gasteiger partial charge in [0.1, 0.15) is 11.4 Å². The summed E-state index contributed by atoms with van der Waals surface area (Å²) in [6, 6.07) is 7.18. The summed E-state index contributed by atoms with van der Waals surface area (Å²) in [5.41, 5.74) is 2.04. The molecule has 4 rings (SSSR count). The normalized spacial score (nSPS) is 16.7. The van der Waals surface area contributed by atoms with Crippen LogP contribution in [0, 0.1) is 0 Å². The van der Waals surface area contributed by atoms with Gasteiger partial charge < -0.3 is 19.5 Å². The molecule has 154 valence electrons. The Morgan fingerprint density at radius 2 is 1.66 bits per heavy atom. The topological polar surface area (TPSA) is 76.5 Å². The van der Waals surface area contributed by atoms with Crippen molar-refractivity contribution >= 4 is 17.5 Å². The maximum atomic E-state index is 13.2. The highest BCUT2D eigenvalue weighted by Gasteiger charge is 2.30. The van der Waals surface area contributed by atoms with Crippen LogP contribution in [0.25, 0.3) is 0 Å². The lowest BCUT2D eigenvalue weighted by atomic mass is 10.1. The monoisotopic (exact) mass is 396 g/mol. The number of rotatable bonds is 4. The molecule has 2 aromatic rings. The largest absolute Gasteiger partial charge is 0.497 e. The molecule has 0 unspecified atom stereocenters. The van der Waals surface area contributed by atoms with Gasteiger partial charge in [-0.15, -0.1) is 0 Å². The van der Waals surface area contributed by atoms with E-state index < -0.39 is 0 Å². The third-order valence-corrected chi connectivity index (χ3v) is 5.76. The zero-order chi connectivity index (χ0) is 20.2. The van der Waals surface area contributed by atoms with Crippen LogP contribution in [0.15, 0.2) is 24.3 Å². The van der Waals surface area contributed by atoms with Crippen LogP contribution in [0.2, 0.25) is 0 Å². The fourth-order valence-electron chi connectivity index (χ4n) is 4.17. The first kappa shape index (κ1) is 19.5. The van der Waals surface area contributed by atoms with Crippen molar-refractivity contribution in [1.82, 2.24) is 14.5 Å². The molecule has 29 heavy (non-hydrogen) atoms. The zero-order valence-electron chi connectivity index (χ0n) is 16.9. The fourth-order valence-corrected chi connectivity index (χ4v) is 4.17. The number of aromatic nitrogens is 2. The van der Waals surface area contributed by atoms with Gasteiger partial charge in [0.25, 0.3) is 11.8 Å². The third kappa shape index (κ3) is 4.13. The maximum Gasteiger partial charge on any atom is 0.291 e. The van der Waals surface area contributed by atoms with Crippen molar-refractivity contribution in [3.63, 3.8) is 0 Å². The van der Waals surface area contributed by atoms with Gasteiger partial charge in [-0.2, -0.15) is 0 Å². The van der Waals surface area contributed by atoms with Crippen LogP contribution in [-0.4, -0.2) is 46.5 Å². The van der Waals surface area contributed by atoms with E-state index in [9.17, 15) is 9.59 Å². The standard InChI is InChI=1S/C22H28N4O3/c1-29-17-11-9-16(10-12-17)23-21(27)20-24-19(18-8-4-7-15-26(18)20)22(28)25-13-5-2-3-6-14-25/h9-12H,2-8,13-15H2,1H3,(H,23,27). The summed E-state index contributed by atoms with van der Waals surface area (Å²) >= 11 is 0. The lowest BCUT2D eigenvalue weighted by Gasteiger charge is -2.21. The number of benzene rings is 1. The Morgan fingerprint density at radius 3 is 2.34 bits per heavy atom. The minimum Gasteiger partial charge on any atom is -0.497 e. The van der Waals surface area contributed by atoms with Gasteiger partial charge in [0.2, 0.25) is 0 Å². The van der Waals surface area contributed by atoms with E-state index in [1.54, 1.807) is 31.4 Å². The number of anilines is 1. The molecule has 1 saturated heterocycles. The van der Waals surface area contributed by atoms with Crippen molar-refractivity contribution in [2.24, 2.45) is 0 Å². The molecule has 2 amide bonds. The van der Waals surface area contributed by atoms with E-state index in [0.29, 0.717) is 17.2 Å². The van der Waals surface area contributed by atoms with Crippen LogP contribution in [0.5, 0.6) is 5.75 Å². The number of imidazole rings is 1. The van der Waals surface area contributed by atoms with E-state index in [-0.39, 0.29) is 11.8 Å². The highest BCUT2D eigenvalue weighted by atomic mass is 16.5. The summed E-state index contributed by atoms with van der Waals surface area (Å²) in [7, 11) is 1.60. The van der Waals surface area contributed by atoms with Crippen molar-refractivity contribution in [2.75, 3.05) is 25.5 Å². The number of ether oxygens (including phenoxy) is 1. The number of fused-ring (bicyclic) bond motifs is 1. The molecule has 0 bridgehead atoms. The second-order valence-corrected chi connectivity index (χ2v) is 7.73. The smallest absolute Gasteiger partial charge is 0.291 e. The summed E-state index contributed by atoms with van der Waals surface area (Å²) < 4.78 is 7.10. The number of likely N-dealkylation sites (tertiary alicyclic amines) is 1. The number of hydrogen-bond donors (Lipinski definition) is 1. The van der Waals surface area contributed by atoms with E-state index in [1.807, 2.05) is 9.47 Å². The Morgan fingerprint density at radius 1 is 0.966 bits per heavy atom. The Hall–Kier alpha value is -2.83. The molecule has 0 aliphatic carbocycles. The minimum absolute atomic E-state index is 0.0268. The van der Waals surface area contributed by atoms with Gasteiger partial charge in [-0.25, -0.2) is 4.98 Å². The molecule has 1 fully saturated rings. The average molecular weight is 396 g/mol. The second-order valence-electron chi connectivity index (χ2n) is 7.73. The van der Waals surface area contributed by atoms with Gasteiger partial charge in [0.05, 0.1) is 12.8 Å². The van der Waals surface area contributed by atoms with E-state index in [2.05, 4.69) is 10.3 Å². The first-order valence-electron chi connectivity index (χ1n) is 10.5. The summed E-state index contributed by atoms with van der Waals surface area (Å²) in [5.74, 6) is 0.745. The number of nitrogens with one attached hydrogen (secondary N) is 1. The highest BCUT2D eigenvalue weighted by Crippen LogP contribution is 2.24. The van der Waals surface area contributed by atoms with Crippen LogP contribution in [-0.2, 0) is 13.0 Å². The number of methoxy groups -OCH3 is 1. The first-order valence-corrected chi connectivity index (χ1v) is 10.5. The van der Waals surface area contributed by atoms with Crippen molar-refractivity contribution in [3.05, 3.63) is 41.5 Å². The summed E-state index contributed by atoms with van der Waals surface area (Å²) in [6.07, 6.45) is 7.20. The molecule has 1 aromatic carbocycles. The van der Waals surface area contributed by atoms with Crippen molar-refractivity contribution in [2.45, 2.75) is 51.5 Å². The maximum absolute atomic E-state index is 13.2. The van der Waals surface area contributed by atoms with E-state index in [4.69, 9.17) is 4.74 Å². The molecule has 7 nitrogen and oxygen atoms in total. The Balaban J connectivity index is 1.59. The van der Waals surface area contributed by atoms with Crippen molar-refractivity contribution < 1.29 is 14.3 Å². The molecule has 0 spiro atoms. The Bertz CT molecular complexity index is 880. The Labute approximate surface area is 171 Å². The molecule has 0 radical (unpaired) electrons. The van der Waals surface area contributed by atoms with Gasteiger partial charge >= 0.3 is 0 Å². The van der Waals surface area contributed by atoms with E-state index in [1.165, 1.54) is 12.8 Å². The first-order chi connectivity index (χ1) is 14.2. The highest BCUT2D eigenvalue weighted by molar-refractivity contribution is 6.03. The summed E-state index contributed by atoms with van der Waals surface area (Å²) in [5, 5.41) is 2.90. The molecular formula is C22H28N4O3. The number of nitrogens with zero attached hydrogens (tertiary/aromatic N) is 3. The van der Waals surface area contributed by atoms with E-state index in [0.717, 1.165) is 63.2 Å². The number of amides is 2. The summed E-state index contributed by atoms with van der Waals surface area (Å²) in [4.78, 5) is 32.6. The number of hydrogen-bond acceptors (Lipinski definition) is 4.